The molecule has 0 amide bonds. The normalized spacial score (nSPS) is 25.8. The van der Waals surface area contributed by atoms with E-state index in [1.807, 2.05) is 4.90 Å². The zero-order valence-corrected chi connectivity index (χ0v) is 17.2. The van der Waals surface area contributed by atoms with Crippen molar-refractivity contribution in [2.24, 2.45) is 5.92 Å². The summed E-state index contributed by atoms with van der Waals surface area (Å²) in [5.74, 6) is -2.42. The summed E-state index contributed by atoms with van der Waals surface area (Å²) in [6.45, 7) is 1.29. The van der Waals surface area contributed by atoms with E-state index in [9.17, 15) is 21.6 Å². The zero-order valence-electron chi connectivity index (χ0n) is 15.6. The Bertz CT molecular complexity index is 874. The molecule has 3 aliphatic rings. The first-order valence-electron chi connectivity index (χ1n) is 9.50. The van der Waals surface area contributed by atoms with Crippen molar-refractivity contribution in [2.45, 2.75) is 36.1 Å². The van der Waals surface area contributed by atoms with Crippen LogP contribution in [-0.2, 0) is 19.5 Å². The first-order chi connectivity index (χ1) is 13.6. The van der Waals surface area contributed by atoms with Crippen molar-refractivity contribution in [1.29, 1.82) is 0 Å². The fraction of sp³-hybridized carbons (Fsp3) is 0.667. The van der Waals surface area contributed by atoms with Crippen LogP contribution in [0.2, 0.25) is 5.02 Å². The molecule has 6 nitrogen and oxygen atoms in total. The molecule has 0 radical (unpaired) electrons. The Labute approximate surface area is 172 Å². The molecular formula is C18H22ClF3N2O4S. The van der Waals surface area contributed by atoms with Crippen LogP contribution in [0.3, 0.4) is 0 Å². The number of nitrogens with zero attached hydrogens (tertiary/aromatic N) is 2. The molecule has 11 heteroatoms. The second-order valence-corrected chi connectivity index (χ2v) is 9.98. The molecule has 1 aromatic rings. The summed E-state index contributed by atoms with van der Waals surface area (Å²) >= 11 is 6.06. The lowest BCUT2D eigenvalue weighted by atomic mass is 9.99. The maximum atomic E-state index is 13.3. The van der Waals surface area contributed by atoms with Gasteiger partial charge < -0.3 is 14.4 Å². The predicted octanol–water partition coefficient (Wildman–Crippen LogP) is 3.26. The van der Waals surface area contributed by atoms with Crippen molar-refractivity contribution in [3.8, 4) is 0 Å². The van der Waals surface area contributed by atoms with Gasteiger partial charge >= 0.3 is 6.18 Å². The highest BCUT2D eigenvalue weighted by atomic mass is 35.5. The minimum Gasteiger partial charge on any atom is -0.365 e. The highest BCUT2D eigenvalue weighted by molar-refractivity contribution is 7.89. The van der Waals surface area contributed by atoms with E-state index in [1.165, 1.54) is 6.07 Å². The molecule has 0 bridgehead atoms. The molecule has 3 heterocycles. The van der Waals surface area contributed by atoms with Crippen LogP contribution in [0.15, 0.2) is 23.1 Å². The Balaban J connectivity index is 1.64. The lowest BCUT2D eigenvalue weighted by molar-refractivity contribution is -0.182. The van der Waals surface area contributed by atoms with Gasteiger partial charge in [-0.15, -0.1) is 0 Å². The zero-order chi connectivity index (χ0) is 20.9. The van der Waals surface area contributed by atoms with Crippen LogP contribution in [0.25, 0.3) is 0 Å². The van der Waals surface area contributed by atoms with Crippen molar-refractivity contribution < 1.29 is 31.1 Å². The summed E-state index contributed by atoms with van der Waals surface area (Å²) in [4.78, 5) is 1.75. The average molecular weight is 455 g/mol. The minimum absolute atomic E-state index is 0.0526. The van der Waals surface area contributed by atoms with Gasteiger partial charge in [-0.05, 0) is 31.0 Å². The van der Waals surface area contributed by atoms with Gasteiger partial charge in [-0.25, -0.2) is 8.42 Å². The molecule has 0 aliphatic carbocycles. The Morgan fingerprint density at radius 1 is 1.17 bits per heavy atom. The van der Waals surface area contributed by atoms with Gasteiger partial charge in [0.1, 0.15) is 4.90 Å². The number of anilines is 1. The molecule has 0 aromatic heterocycles. The van der Waals surface area contributed by atoms with E-state index >= 15 is 0 Å². The predicted molar refractivity (Wildman–Crippen MR) is 100 cm³/mol. The molecule has 1 spiro atoms. The summed E-state index contributed by atoms with van der Waals surface area (Å²) < 4.78 is 78.5. The highest BCUT2D eigenvalue weighted by Gasteiger charge is 2.47. The van der Waals surface area contributed by atoms with E-state index in [4.69, 9.17) is 21.1 Å². The molecule has 4 rings (SSSR count). The lowest BCUT2D eigenvalue weighted by Crippen LogP contribution is -2.44. The fourth-order valence-corrected chi connectivity index (χ4v) is 6.21. The third kappa shape index (κ3) is 4.10. The van der Waals surface area contributed by atoms with Gasteiger partial charge in [0.2, 0.25) is 10.0 Å². The largest absolute Gasteiger partial charge is 0.393 e. The maximum absolute atomic E-state index is 13.3. The Morgan fingerprint density at radius 3 is 2.59 bits per heavy atom. The van der Waals surface area contributed by atoms with E-state index in [1.54, 1.807) is 12.1 Å². The summed E-state index contributed by atoms with van der Waals surface area (Å²) in [5.41, 5.74) is 0.402. The van der Waals surface area contributed by atoms with Gasteiger partial charge in [-0.1, -0.05) is 11.6 Å². The van der Waals surface area contributed by atoms with Gasteiger partial charge in [-0.2, -0.15) is 17.5 Å². The standard InChI is InChI=1S/C18H22ClF3N2O4S/c19-14-3-4-15(23-7-5-17(12-23)27-8-9-28-17)16(10-14)29(25,26)24-6-1-2-13(11-24)18(20,21)22/h3-4,10,13H,1-2,5-9,11-12H2. The van der Waals surface area contributed by atoms with Crippen LogP contribution in [0.1, 0.15) is 19.3 Å². The van der Waals surface area contributed by atoms with Gasteiger partial charge in [0, 0.05) is 31.1 Å². The number of hydrogen-bond donors (Lipinski definition) is 0. The molecule has 1 unspecified atom stereocenters. The van der Waals surface area contributed by atoms with E-state index in [-0.39, 0.29) is 29.3 Å². The van der Waals surface area contributed by atoms with Gasteiger partial charge in [-0.3, -0.25) is 0 Å². The Hall–Kier alpha value is -1.07. The molecule has 0 saturated carbocycles. The Kier molecular flexibility index (Phi) is 5.52. The third-order valence-corrected chi connectivity index (χ3v) is 7.86. The summed E-state index contributed by atoms with van der Waals surface area (Å²) in [6.07, 6.45) is -3.76. The van der Waals surface area contributed by atoms with E-state index in [2.05, 4.69) is 0 Å². The fourth-order valence-electron chi connectivity index (χ4n) is 4.22. The van der Waals surface area contributed by atoms with Crippen LogP contribution in [-0.4, -0.2) is 64.1 Å². The van der Waals surface area contributed by atoms with Crippen LogP contribution in [0.5, 0.6) is 0 Å². The van der Waals surface area contributed by atoms with Crippen LogP contribution < -0.4 is 4.90 Å². The van der Waals surface area contributed by atoms with Crippen molar-refractivity contribution in [3.63, 3.8) is 0 Å². The lowest BCUT2D eigenvalue weighted by Gasteiger charge is -2.34. The maximum Gasteiger partial charge on any atom is 0.393 e. The molecule has 3 aliphatic heterocycles. The Morgan fingerprint density at radius 2 is 1.90 bits per heavy atom. The number of ether oxygens (including phenoxy) is 2. The van der Waals surface area contributed by atoms with Gasteiger partial charge in [0.25, 0.3) is 0 Å². The molecule has 162 valence electrons. The monoisotopic (exact) mass is 454 g/mol. The molecular weight excluding hydrogens is 433 g/mol. The van der Waals surface area contributed by atoms with E-state index in [0.717, 1.165) is 4.31 Å². The summed E-state index contributed by atoms with van der Waals surface area (Å²) in [7, 11) is -4.16. The van der Waals surface area contributed by atoms with Crippen molar-refractivity contribution in [3.05, 3.63) is 23.2 Å². The van der Waals surface area contributed by atoms with E-state index < -0.39 is 34.4 Å². The molecule has 3 saturated heterocycles. The quantitative estimate of drug-likeness (QED) is 0.701. The van der Waals surface area contributed by atoms with Gasteiger partial charge in [0.05, 0.1) is 31.4 Å². The number of rotatable bonds is 3. The summed E-state index contributed by atoms with van der Waals surface area (Å²) in [5, 5.41) is 0.207. The van der Waals surface area contributed by atoms with Gasteiger partial charge in [0.15, 0.2) is 5.79 Å². The number of halogens is 4. The number of alkyl halides is 3. The second kappa shape index (κ2) is 7.56. The molecule has 0 N–H and O–H groups in total. The summed E-state index contributed by atoms with van der Waals surface area (Å²) in [6, 6.07) is 4.48. The first-order valence-corrected chi connectivity index (χ1v) is 11.3. The first kappa shape index (κ1) is 21.2. The number of sulfonamides is 1. The van der Waals surface area contributed by atoms with Crippen LogP contribution >= 0.6 is 11.6 Å². The second-order valence-electron chi connectivity index (χ2n) is 7.64. The molecule has 3 fully saturated rings. The molecule has 1 atom stereocenters. The number of benzene rings is 1. The number of piperidine rings is 1. The minimum atomic E-state index is -4.43. The van der Waals surface area contributed by atoms with Crippen LogP contribution in [0, 0.1) is 5.92 Å². The molecule has 29 heavy (non-hydrogen) atoms. The average Bonchev–Trinajstić information content (AvgIpc) is 3.31. The number of hydrogen-bond acceptors (Lipinski definition) is 5. The smallest absolute Gasteiger partial charge is 0.365 e. The topological polar surface area (TPSA) is 59.1 Å². The van der Waals surface area contributed by atoms with Crippen molar-refractivity contribution in [1.82, 2.24) is 4.31 Å². The van der Waals surface area contributed by atoms with Crippen LogP contribution in [0.4, 0.5) is 18.9 Å². The van der Waals surface area contributed by atoms with E-state index in [0.29, 0.717) is 38.4 Å². The SMILES string of the molecule is O=S(=O)(c1cc(Cl)ccc1N1CCC2(C1)OCCO2)N1CCCC(C(F)(F)F)C1. The van der Waals surface area contributed by atoms with Crippen molar-refractivity contribution >= 4 is 27.3 Å². The highest BCUT2D eigenvalue weighted by Crippen LogP contribution is 2.40. The third-order valence-electron chi connectivity index (χ3n) is 5.74. The van der Waals surface area contributed by atoms with Crippen molar-refractivity contribution in [2.75, 3.05) is 44.3 Å². The molecule has 1 aromatic carbocycles.